The van der Waals surface area contributed by atoms with Crippen LogP contribution in [0.5, 0.6) is 0 Å². The van der Waals surface area contributed by atoms with Crippen molar-refractivity contribution in [2.75, 3.05) is 5.32 Å². The molecule has 0 bridgehead atoms. The first-order valence-electron chi connectivity index (χ1n) is 6.83. The Labute approximate surface area is 132 Å². The Morgan fingerprint density at radius 2 is 1.65 bits per heavy atom. The molecule has 0 aliphatic heterocycles. The number of primary amides is 1. The van der Waals surface area contributed by atoms with Crippen LogP contribution in [0.15, 0.2) is 48.5 Å². The van der Waals surface area contributed by atoms with Gasteiger partial charge in [-0.1, -0.05) is 12.1 Å². The second-order valence-corrected chi connectivity index (χ2v) is 5.00. The number of rotatable bonds is 5. The molecule has 7 nitrogen and oxygen atoms in total. The van der Waals surface area contributed by atoms with Crippen LogP contribution in [-0.4, -0.2) is 16.7 Å². The van der Waals surface area contributed by atoms with E-state index >= 15 is 0 Å². The lowest BCUT2D eigenvalue weighted by Gasteiger charge is -2.12. The highest BCUT2D eigenvalue weighted by Crippen LogP contribution is 2.21. The van der Waals surface area contributed by atoms with Gasteiger partial charge in [-0.2, -0.15) is 0 Å². The van der Waals surface area contributed by atoms with Crippen molar-refractivity contribution < 1.29 is 14.5 Å². The Morgan fingerprint density at radius 3 is 2.13 bits per heavy atom. The first kappa shape index (κ1) is 16.2. The summed E-state index contributed by atoms with van der Waals surface area (Å²) >= 11 is 0. The fraction of sp³-hybridized carbons (Fsp3) is 0.125. The number of carbonyl (C=O) groups is 2. The average molecular weight is 313 g/mol. The quantitative estimate of drug-likeness (QED) is 0.651. The third kappa shape index (κ3) is 3.91. The van der Waals surface area contributed by atoms with Crippen LogP contribution in [0.3, 0.4) is 0 Å². The van der Waals surface area contributed by atoms with Crippen LogP contribution in [0.4, 0.5) is 11.4 Å². The van der Waals surface area contributed by atoms with E-state index in [9.17, 15) is 19.7 Å². The number of nitrogens with two attached hydrogens (primary N) is 1. The third-order valence-electron chi connectivity index (χ3n) is 3.43. The van der Waals surface area contributed by atoms with Gasteiger partial charge in [0.25, 0.3) is 5.69 Å². The normalized spacial score (nSPS) is 11.5. The standard InChI is InChI=1S/C16H15N3O4/c1-10(11-4-8-14(9-5-11)19(22)23)16(21)18-13-6-2-12(3-7-13)15(17)20/h2-10H,1H3,(H2,17,20)(H,18,21)/t10-/m0/s1. The molecule has 7 heteroatoms. The maximum absolute atomic E-state index is 12.2. The number of non-ortho nitro benzene ring substituents is 1. The minimum atomic E-state index is -0.540. The Hall–Kier alpha value is -3.22. The molecule has 3 N–H and O–H groups in total. The van der Waals surface area contributed by atoms with E-state index in [4.69, 9.17) is 5.73 Å². The number of amides is 2. The number of nitro benzene ring substituents is 1. The van der Waals surface area contributed by atoms with E-state index in [0.29, 0.717) is 16.8 Å². The number of benzene rings is 2. The highest BCUT2D eigenvalue weighted by atomic mass is 16.6. The van der Waals surface area contributed by atoms with Gasteiger partial charge in [0, 0.05) is 23.4 Å². The fourth-order valence-electron chi connectivity index (χ4n) is 2.00. The summed E-state index contributed by atoms with van der Waals surface area (Å²) in [6.45, 7) is 1.70. The number of anilines is 1. The predicted octanol–water partition coefficient (Wildman–Crippen LogP) is 2.44. The molecule has 0 saturated heterocycles. The van der Waals surface area contributed by atoms with Crippen LogP contribution >= 0.6 is 0 Å². The number of hydrogen-bond donors (Lipinski definition) is 2. The van der Waals surface area contributed by atoms with Crippen LogP contribution in [0.1, 0.15) is 28.8 Å². The highest BCUT2D eigenvalue weighted by Gasteiger charge is 2.16. The Bertz CT molecular complexity index is 739. The first-order chi connectivity index (χ1) is 10.9. The minimum Gasteiger partial charge on any atom is -0.366 e. The molecule has 0 radical (unpaired) electrons. The van der Waals surface area contributed by atoms with Crippen molar-refractivity contribution in [1.29, 1.82) is 0 Å². The van der Waals surface area contributed by atoms with Gasteiger partial charge in [0.15, 0.2) is 0 Å². The van der Waals surface area contributed by atoms with Gasteiger partial charge in [-0.25, -0.2) is 0 Å². The molecule has 0 aliphatic rings. The van der Waals surface area contributed by atoms with Crippen LogP contribution in [-0.2, 0) is 4.79 Å². The van der Waals surface area contributed by atoms with E-state index in [1.54, 1.807) is 31.2 Å². The molecular weight excluding hydrogens is 298 g/mol. The van der Waals surface area contributed by atoms with Gasteiger partial charge in [-0.15, -0.1) is 0 Å². The van der Waals surface area contributed by atoms with Gasteiger partial charge in [0.2, 0.25) is 11.8 Å². The van der Waals surface area contributed by atoms with Gasteiger partial charge < -0.3 is 11.1 Å². The number of hydrogen-bond acceptors (Lipinski definition) is 4. The topological polar surface area (TPSA) is 115 Å². The van der Waals surface area contributed by atoms with Crippen LogP contribution < -0.4 is 11.1 Å². The monoisotopic (exact) mass is 313 g/mol. The molecule has 0 spiro atoms. The average Bonchev–Trinajstić information content (AvgIpc) is 2.54. The molecule has 0 saturated carbocycles. The van der Waals surface area contributed by atoms with E-state index in [0.717, 1.165) is 0 Å². The molecule has 0 aliphatic carbocycles. The summed E-state index contributed by atoms with van der Waals surface area (Å²) in [5.74, 6) is -1.28. The molecule has 1 atom stereocenters. The summed E-state index contributed by atoms with van der Waals surface area (Å²) in [6.07, 6.45) is 0. The lowest BCUT2D eigenvalue weighted by molar-refractivity contribution is -0.384. The molecule has 0 fully saturated rings. The second-order valence-electron chi connectivity index (χ2n) is 5.00. The van der Waals surface area contributed by atoms with Crippen LogP contribution in [0.25, 0.3) is 0 Å². The minimum absolute atomic E-state index is 0.0246. The second kappa shape index (κ2) is 6.69. The maximum Gasteiger partial charge on any atom is 0.269 e. The Balaban J connectivity index is 2.07. The Morgan fingerprint density at radius 1 is 1.09 bits per heavy atom. The van der Waals surface area contributed by atoms with Crippen molar-refractivity contribution >= 4 is 23.2 Å². The molecule has 2 aromatic rings. The molecule has 2 aromatic carbocycles. The zero-order valence-corrected chi connectivity index (χ0v) is 12.4. The summed E-state index contributed by atoms with van der Waals surface area (Å²) < 4.78 is 0. The van der Waals surface area contributed by atoms with Crippen molar-refractivity contribution in [2.24, 2.45) is 5.73 Å². The number of nitro groups is 1. The first-order valence-corrected chi connectivity index (χ1v) is 6.83. The lowest BCUT2D eigenvalue weighted by atomic mass is 10.00. The summed E-state index contributed by atoms with van der Waals surface area (Å²) in [4.78, 5) is 33.3. The van der Waals surface area contributed by atoms with Crippen LogP contribution in [0, 0.1) is 10.1 Å². The molecule has 0 unspecified atom stereocenters. The molecular formula is C16H15N3O4. The number of nitrogens with zero attached hydrogens (tertiary/aromatic N) is 1. The maximum atomic E-state index is 12.2. The van der Waals surface area contributed by atoms with Gasteiger partial charge in [0.05, 0.1) is 10.8 Å². The van der Waals surface area contributed by atoms with Crippen molar-refractivity contribution in [1.82, 2.24) is 0 Å². The van der Waals surface area contributed by atoms with E-state index in [2.05, 4.69) is 5.32 Å². The zero-order valence-electron chi connectivity index (χ0n) is 12.4. The number of carbonyl (C=O) groups excluding carboxylic acids is 2. The number of nitrogens with one attached hydrogen (secondary N) is 1. The van der Waals surface area contributed by atoms with Crippen molar-refractivity contribution in [2.45, 2.75) is 12.8 Å². The molecule has 2 rings (SSSR count). The summed E-state index contributed by atoms with van der Waals surface area (Å²) in [6, 6.07) is 12.0. The molecule has 23 heavy (non-hydrogen) atoms. The van der Waals surface area contributed by atoms with E-state index < -0.39 is 16.7 Å². The van der Waals surface area contributed by atoms with E-state index in [-0.39, 0.29) is 11.6 Å². The summed E-state index contributed by atoms with van der Waals surface area (Å²) in [5.41, 5.74) is 6.68. The Kier molecular flexibility index (Phi) is 4.70. The van der Waals surface area contributed by atoms with Gasteiger partial charge in [-0.05, 0) is 36.8 Å². The SMILES string of the molecule is C[C@H](C(=O)Nc1ccc(C(N)=O)cc1)c1ccc([N+](=O)[O-])cc1. The molecule has 118 valence electrons. The van der Waals surface area contributed by atoms with Crippen molar-refractivity contribution in [3.05, 3.63) is 69.8 Å². The van der Waals surface area contributed by atoms with Gasteiger partial charge in [-0.3, -0.25) is 19.7 Å². The van der Waals surface area contributed by atoms with Crippen LogP contribution in [0.2, 0.25) is 0 Å². The summed E-state index contributed by atoms with van der Waals surface area (Å²) in [5, 5.41) is 13.3. The van der Waals surface area contributed by atoms with E-state index in [1.807, 2.05) is 0 Å². The van der Waals surface area contributed by atoms with Gasteiger partial charge >= 0.3 is 0 Å². The van der Waals surface area contributed by atoms with Crippen molar-refractivity contribution in [3.8, 4) is 0 Å². The largest absolute Gasteiger partial charge is 0.366 e. The van der Waals surface area contributed by atoms with Gasteiger partial charge in [0.1, 0.15) is 0 Å². The summed E-state index contributed by atoms with van der Waals surface area (Å²) in [7, 11) is 0. The third-order valence-corrected chi connectivity index (χ3v) is 3.43. The molecule has 0 heterocycles. The fourth-order valence-corrected chi connectivity index (χ4v) is 2.00. The molecule has 0 aromatic heterocycles. The van der Waals surface area contributed by atoms with E-state index in [1.165, 1.54) is 24.3 Å². The predicted molar refractivity (Wildman–Crippen MR) is 85.1 cm³/mol. The highest BCUT2D eigenvalue weighted by molar-refractivity contribution is 5.97. The zero-order chi connectivity index (χ0) is 17.0. The smallest absolute Gasteiger partial charge is 0.269 e. The molecule has 2 amide bonds. The van der Waals surface area contributed by atoms with Crippen molar-refractivity contribution in [3.63, 3.8) is 0 Å². The lowest BCUT2D eigenvalue weighted by Crippen LogP contribution is -2.19.